The van der Waals surface area contributed by atoms with Gasteiger partial charge in [-0.05, 0) is 44.6 Å². The fourth-order valence-electron chi connectivity index (χ4n) is 2.72. The maximum Gasteiger partial charge on any atom is 0.408 e. The van der Waals surface area contributed by atoms with Gasteiger partial charge in [0.05, 0.1) is 0 Å². The molecule has 0 aliphatic heterocycles. The minimum absolute atomic E-state index is 0.129. The molecule has 0 saturated carbocycles. The molecule has 0 heterocycles. The average molecular weight is 421 g/mol. The van der Waals surface area contributed by atoms with Gasteiger partial charge >= 0.3 is 12.1 Å². The number of rotatable bonds is 9. The van der Waals surface area contributed by atoms with Gasteiger partial charge in [-0.3, -0.25) is 4.79 Å². The number of esters is 1. The molecule has 0 radical (unpaired) electrons. The molecule has 2 amide bonds. The molecule has 1 aromatic carbocycles. The topological polar surface area (TPSA) is 93.7 Å². The predicted octanol–water partition coefficient (Wildman–Crippen LogP) is 3.81. The molecule has 0 aromatic heterocycles. The second-order valence-corrected chi connectivity index (χ2v) is 9.15. The van der Waals surface area contributed by atoms with E-state index in [2.05, 4.69) is 10.6 Å². The summed E-state index contributed by atoms with van der Waals surface area (Å²) in [5.41, 5.74) is 0.189. The number of amides is 2. The molecule has 7 nitrogen and oxygen atoms in total. The van der Waals surface area contributed by atoms with Gasteiger partial charge in [0.15, 0.2) is 0 Å². The van der Waals surface area contributed by atoms with Crippen molar-refractivity contribution in [3.8, 4) is 0 Å². The van der Waals surface area contributed by atoms with Gasteiger partial charge in [0.1, 0.15) is 24.3 Å². The number of ether oxygens (including phenoxy) is 2. The van der Waals surface area contributed by atoms with Crippen LogP contribution in [0.5, 0.6) is 0 Å². The zero-order valence-electron chi connectivity index (χ0n) is 19.2. The normalized spacial score (nSPS) is 13.5. The summed E-state index contributed by atoms with van der Waals surface area (Å²) in [5, 5.41) is 5.36. The fourth-order valence-corrected chi connectivity index (χ4v) is 2.72. The van der Waals surface area contributed by atoms with Gasteiger partial charge in [-0.15, -0.1) is 0 Å². The fraction of sp³-hybridized carbons (Fsp3) is 0.609. The first-order chi connectivity index (χ1) is 13.9. The number of nitrogens with one attached hydrogen (secondary N) is 2. The largest absolute Gasteiger partial charge is 0.459 e. The lowest BCUT2D eigenvalue weighted by atomic mass is 10.0. The summed E-state index contributed by atoms with van der Waals surface area (Å²) in [5.74, 6) is -0.982. The summed E-state index contributed by atoms with van der Waals surface area (Å²) in [4.78, 5) is 37.6. The van der Waals surface area contributed by atoms with E-state index in [1.165, 1.54) is 0 Å². The molecule has 30 heavy (non-hydrogen) atoms. The lowest BCUT2D eigenvalue weighted by molar-refractivity contribution is -0.150. The van der Waals surface area contributed by atoms with E-state index in [4.69, 9.17) is 9.47 Å². The maximum absolute atomic E-state index is 12.9. The van der Waals surface area contributed by atoms with Crippen molar-refractivity contribution < 1.29 is 23.9 Å². The summed E-state index contributed by atoms with van der Waals surface area (Å²) >= 11 is 0. The minimum atomic E-state index is -0.823. The molecule has 0 bridgehead atoms. The predicted molar refractivity (Wildman–Crippen MR) is 116 cm³/mol. The van der Waals surface area contributed by atoms with Crippen molar-refractivity contribution in [2.75, 3.05) is 0 Å². The number of benzene rings is 1. The Morgan fingerprint density at radius 2 is 1.57 bits per heavy atom. The van der Waals surface area contributed by atoms with Crippen LogP contribution in [0.4, 0.5) is 4.79 Å². The Morgan fingerprint density at radius 1 is 0.967 bits per heavy atom. The molecule has 2 N–H and O–H groups in total. The molecule has 168 valence electrons. The molecular formula is C23H36N2O5. The molecule has 0 aliphatic carbocycles. The van der Waals surface area contributed by atoms with E-state index in [-0.39, 0.29) is 18.4 Å². The molecule has 0 aliphatic rings. The Hall–Kier alpha value is -2.57. The van der Waals surface area contributed by atoms with E-state index in [1.807, 2.05) is 58.0 Å². The van der Waals surface area contributed by atoms with E-state index < -0.39 is 35.7 Å². The average Bonchev–Trinajstić information content (AvgIpc) is 2.62. The third kappa shape index (κ3) is 9.76. The smallest absolute Gasteiger partial charge is 0.408 e. The lowest BCUT2D eigenvalue weighted by Gasteiger charge is -2.27. The third-order valence-electron chi connectivity index (χ3n) is 4.16. The lowest BCUT2D eigenvalue weighted by Crippen LogP contribution is -2.54. The monoisotopic (exact) mass is 420 g/mol. The van der Waals surface area contributed by atoms with Crippen LogP contribution in [-0.2, 0) is 25.7 Å². The summed E-state index contributed by atoms with van der Waals surface area (Å²) < 4.78 is 10.7. The van der Waals surface area contributed by atoms with E-state index in [1.54, 1.807) is 20.8 Å². The molecule has 7 heteroatoms. The van der Waals surface area contributed by atoms with Crippen LogP contribution in [0.2, 0.25) is 0 Å². The second-order valence-electron chi connectivity index (χ2n) is 9.15. The van der Waals surface area contributed by atoms with Crippen molar-refractivity contribution in [3.05, 3.63) is 35.9 Å². The highest BCUT2D eigenvalue weighted by atomic mass is 16.6. The highest BCUT2D eigenvalue weighted by Gasteiger charge is 2.31. The van der Waals surface area contributed by atoms with Crippen LogP contribution in [0.1, 0.15) is 60.5 Å². The summed E-state index contributed by atoms with van der Waals surface area (Å²) in [6.45, 7) is 12.9. The van der Waals surface area contributed by atoms with Gasteiger partial charge in [-0.2, -0.15) is 0 Å². The number of alkyl carbamates (subject to hydrolysis) is 1. The molecule has 0 saturated heterocycles. The third-order valence-corrected chi connectivity index (χ3v) is 4.16. The zero-order valence-corrected chi connectivity index (χ0v) is 19.2. The molecule has 0 unspecified atom stereocenters. The van der Waals surface area contributed by atoms with Gasteiger partial charge in [0, 0.05) is 0 Å². The van der Waals surface area contributed by atoms with Crippen LogP contribution in [-0.4, -0.2) is 35.7 Å². The first-order valence-electron chi connectivity index (χ1n) is 10.4. The van der Waals surface area contributed by atoms with E-state index >= 15 is 0 Å². The van der Waals surface area contributed by atoms with Crippen molar-refractivity contribution in [1.29, 1.82) is 0 Å². The molecule has 0 fully saturated rings. The standard InChI is InChI=1S/C23H36N2O5/c1-15(2)13-18(24-22(28)30-23(5,6)7)20(26)25-19(16(3)4)21(27)29-14-17-11-9-8-10-12-17/h8-12,15-16,18-19H,13-14H2,1-7H3,(H,24,28)(H,25,26)/t18-,19+/m1/s1. The van der Waals surface area contributed by atoms with Crippen molar-refractivity contribution in [3.63, 3.8) is 0 Å². The van der Waals surface area contributed by atoms with Crippen molar-refractivity contribution in [2.45, 2.75) is 79.2 Å². The number of hydrogen-bond acceptors (Lipinski definition) is 5. The van der Waals surface area contributed by atoms with Gasteiger partial charge < -0.3 is 20.1 Å². The quantitative estimate of drug-likeness (QED) is 0.593. The Labute approximate surface area is 179 Å². The summed E-state index contributed by atoms with van der Waals surface area (Å²) in [7, 11) is 0. The van der Waals surface area contributed by atoms with Crippen LogP contribution >= 0.6 is 0 Å². The van der Waals surface area contributed by atoms with Gasteiger partial charge in [-0.1, -0.05) is 58.0 Å². The Bertz CT molecular complexity index is 695. The van der Waals surface area contributed by atoms with E-state index in [0.29, 0.717) is 6.42 Å². The SMILES string of the molecule is CC(C)C[C@@H](NC(=O)OC(C)(C)C)C(=O)N[C@H](C(=O)OCc1ccccc1)C(C)C. The molecule has 2 atom stereocenters. The number of carbonyl (C=O) groups excluding carboxylic acids is 3. The Kier molecular flexibility index (Phi) is 9.82. The Balaban J connectivity index is 2.80. The van der Waals surface area contributed by atoms with E-state index in [9.17, 15) is 14.4 Å². The molecular weight excluding hydrogens is 384 g/mol. The number of hydrogen-bond donors (Lipinski definition) is 2. The van der Waals surface area contributed by atoms with E-state index in [0.717, 1.165) is 5.56 Å². The van der Waals surface area contributed by atoms with Crippen LogP contribution < -0.4 is 10.6 Å². The van der Waals surface area contributed by atoms with Crippen molar-refractivity contribution >= 4 is 18.0 Å². The Morgan fingerprint density at radius 3 is 2.07 bits per heavy atom. The summed E-state index contributed by atoms with van der Waals surface area (Å²) in [6, 6.07) is 7.70. The number of carbonyl (C=O) groups is 3. The summed E-state index contributed by atoms with van der Waals surface area (Å²) in [6.07, 6.45) is -0.259. The molecule has 0 spiro atoms. The van der Waals surface area contributed by atoms with Crippen LogP contribution in [0.15, 0.2) is 30.3 Å². The molecule has 1 rings (SSSR count). The van der Waals surface area contributed by atoms with Crippen molar-refractivity contribution in [1.82, 2.24) is 10.6 Å². The second kappa shape index (κ2) is 11.6. The van der Waals surface area contributed by atoms with Crippen LogP contribution in [0.25, 0.3) is 0 Å². The molecule has 1 aromatic rings. The van der Waals surface area contributed by atoms with Crippen LogP contribution in [0.3, 0.4) is 0 Å². The maximum atomic E-state index is 12.9. The van der Waals surface area contributed by atoms with Gasteiger partial charge in [0.25, 0.3) is 0 Å². The first-order valence-corrected chi connectivity index (χ1v) is 10.4. The minimum Gasteiger partial charge on any atom is -0.459 e. The first kappa shape index (κ1) is 25.5. The van der Waals surface area contributed by atoms with Crippen LogP contribution in [0, 0.1) is 11.8 Å². The highest BCUT2D eigenvalue weighted by Crippen LogP contribution is 2.12. The van der Waals surface area contributed by atoms with Gasteiger partial charge in [-0.25, -0.2) is 9.59 Å². The zero-order chi connectivity index (χ0) is 22.9. The van der Waals surface area contributed by atoms with Crippen molar-refractivity contribution in [2.24, 2.45) is 11.8 Å². The van der Waals surface area contributed by atoms with Gasteiger partial charge in [0.2, 0.25) is 5.91 Å². The highest BCUT2D eigenvalue weighted by molar-refractivity contribution is 5.89.